The standard InChI is InChI=1S/C66H71ClFN9O8S3/c1-38(41-22-24-43(25-23-41)58-39(2)70-37-86-58)71-61(81)51-33-45(78)35-77(51)62(82)59(66(3,4)5)73-55(79)21-10-8-6-7-9-15-40-31-49(68)56(69-34-40)44-26-27-52(48(67)32-44)85-30-14-20-54-57(63(83)84)74-65(88-54)76-29-28-42-16-13-17-46(47(42)36-76)60(80)75-64-72-50-18-11-12-19-53(50)87-64/h11-13,16-19,22-27,31-32,34,37-38,45,51,59,78H,6-10,14-15,20-21,28-30,33,35-36H2,1-5H3,(H,71,81)(H,73,79)(H,83,84)(H,72,75,80)/t38-,45+,51-,59+/m0/s1. The zero-order valence-corrected chi connectivity index (χ0v) is 52.9. The molecule has 0 saturated carbocycles. The summed E-state index contributed by atoms with van der Waals surface area (Å²) in [6, 6.07) is 25.6. The molecular formula is C66H71ClFN9O8S3. The number of thiazole rings is 3. The van der Waals surface area contributed by atoms with Crippen LogP contribution in [0.15, 0.2) is 103 Å². The van der Waals surface area contributed by atoms with E-state index < -0.39 is 41.3 Å². The highest BCUT2D eigenvalue weighted by Crippen LogP contribution is 2.36. The average molecular weight is 1270 g/mol. The summed E-state index contributed by atoms with van der Waals surface area (Å²) in [7, 11) is 0. The number of rotatable bonds is 24. The van der Waals surface area contributed by atoms with Gasteiger partial charge in [0.25, 0.3) is 5.91 Å². The third-order valence-corrected chi connectivity index (χ3v) is 19.4. The van der Waals surface area contributed by atoms with E-state index in [2.05, 4.69) is 35.9 Å². The highest BCUT2D eigenvalue weighted by Gasteiger charge is 2.45. The minimum Gasteiger partial charge on any atom is -0.492 e. The fourth-order valence-corrected chi connectivity index (χ4v) is 14.3. The molecule has 2 aliphatic heterocycles. The van der Waals surface area contributed by atoms with E-state index in [1.807, 2.05) is 106 Å². The summed E-state index contributed by atoms with van der Waals surface area (Å²) in [5.41, 5.74) is 8.69. The third kappa shape index (κ3) is 15.2. The molecule has 0 radical (unpaired) electrons. The molecule has 5 N–H and O–H groups in total. The van der Waals surface area contributed by atoms with Gasteiger partial charge in [-0.05, 0) is 128 Å². The number of pyridine rings is 1. The van der Waals surface area contributed by atoms with Crippen LogP contribution in [0.25, 0.3) is 31.9 Å². The Morgan fingerprint density at radius 3 is 2.39 bits per heavy atom. The molecule has 88 heavy (non-hydrogen) atoms. The largest absolute Gasteiger partial charge is 0.492 e. The Morgan fingerprint density at radius 2 is 1.65 bits per heavy atom. The number of amides is 4. The minimum atomic E-state index is -1.12. The zero-order valence-electron chi connectivity index (χ0n) is 49.7. The number of hydrogen-bond acceptors (Lipinski definition) is 15. The van der Waals surface area contributed by atoms with Crippen LogP contribution >= 0.6 is 45.6 Å². The fourth-order valence-electron chi connectivity index (χ4n) is 11.3. The summed E-state index contributed by atoms with van der Waals surface area (Å²) in [4.78, 5) is 90.3. The molecule has 0 unspecified atom stereocenters. The molecule has 4 atom stereocenters. The summed E-state index contributed by atoms with van der Waals surface area (Å²) < 4.78 is 22.6. The van der Waals surface area contributed by atoms with Crippen LogP contribution in [-0.4, -0.2) is 103 Å². The van der Waals surface area contributed by atoms with Crippen molar-refractivity contribution in [3.63, 3.8) is 0 Å². The molecule has 2 aliphatic rings. The van der Waals surface area contributed by atoms with Gasteiger partial charge in [0.2, 0.25) is 17.7 Å². The van der Waals surface area contributed by atoms with Crippen LogP contribution in [0.1, 0.15) is 139 Å². The van der Waals surface area contributed by atoms with Crippen molar-refractivity contribution in [1.82, 2.24) is 35.5 Å². The Bertz CT molecular complexity index is 3810. The van der Waals surface area contributed by atoms with Crippen molar-refractivity contribution in [3.8, 4) is 27.4 Å². The van der Waals surface area contributed by atoms with Gasteiger partial charge in [-0.3, -0.25) is 29.5 Å². The number of aromatic carboxylic acids is 1. The van der Waals surface area contributed by atoms with E-state index in [9.17, 15) is 34.2 Å². The predicted molar refractivity (Wildman–Crippen MR) is 344 cm³/mol. The van der Waals surface area contributed by atoms with Gasteiger partial charge in [-0.15, -0.1) is 22.7 Å². The number of carboxylic acid groups (broad SMARTS) is 1. The van der Waals surface area contributed by atoms with Crippen LogP contribution in [0.3, 0.4) is 0 Å². The van der Waals surface area contributed by atoms with Crippen LogP contribution in [-0.2, 0) is 40.2 Å². The number of carbonyl (C=O) groups excluding carboxylic acids is 4. The monoisotopic (exact) mass is 1270 g/mol. The SMILES string of the molecule is Cc1ncsc1-c1ccc([C@H](C)NC(=O)[C@@H]2C[C@@H](O)CN2C(=O)[C@@H](NC(=O)CCCCCCCc2cnc(-c3ccc(OCCCc4sc(N5CCc6cccc(C(=O)Nc7nc8ccccc8s7)c6C5)nc4C(=O)O)c(Cl)c3)c(F)c2)C(C)(C)C)cc1. The number of hydrogen-bond donors (Lipinski definition) is 5. The van der Waals surface area contributed by atoms with E-state index in [0.717, 1.165) is 74.3 Å². The molecule has 22 heteroatoms. The molecule has 0 aliphatic carbocycles. The molecule has 460 valence electrons. The molecular weight excluding hydrogens is 1200 g/mol. The number of halogens is 2. The maximum atomic E-state index is 15.6. The number of ether oxygens (including phenoxy) is 1. The summed E-state index contributed by atoms with van der Waals surface area (Å²) in [6.07, 6.45) is 7.16. The maximum absolute atomic E-state index is 15.6. The number of nitrogens with zero attached hydrogens (tertiary/aromatic N) is 6. The van der Waals surface area contributed by atoms with Crippen LogP contribution < -0.4 is 25.6 Å². The number of aliphatic hydroxyl groups excluding tert-OH is 1. The quantitative estimate of drug-likeness (QED) is 0.0355. The fraction of sp³-hybridized carbons (Fsp3) is 0.379. The number of likely N-dealkylation sites (tertiary alicyclic amines) is 1. The summed E-state index contributed by atoms with van der Waals surface area (Å²) in [6.45, 7) is 10.7. The van der Waals surface area contributed by atoms with Gasteiger partial charge >= 0.3 is 5.97 Å². The lowest BCUT2D eigenvalue weighted by atomic mass is 9.85. The lowest BCUT2D eigenvalue weighted by Gasteiger charge is -2.35. The molecule has 4 aromatic carbocycles. The van der Waals surface area contributed by atoms with E-state index in [0.29, 0.717) is 77.2 Å². The maximum Gasteiger partial charge on any atom is 0.355 e. The zero-order chi connectivity index (χ0) is 62.2. The molecule has 17 nitrogen and oxygen atoms in total. The molecule has 6 heterocycles. The Hall–Kier alpha value is -7.69. The second kappa shape index (κ2) is 28.2. The number of aromatic nitrogens is 4. The van der Waals surface area contributed by atoms with Gasteiger partial charge in [0, 0.05) is 54.7 Å². The van der Waals surface area contributed by atoms with Crippen molar-refractivity contribution in [2.45, 2.75) is 136 Å². The van der Waals surface area contributed by atoms with Gasteiger partial charge < -0.3 is 35.4 Å². The lowest BCUT2D eigenvalue weighted by Crippen LogP contribution is -2.57. The van der Waals surface area contributed by atoms with Crippen molar-refractivity contribution < 1.29 is 43.3 Å². The number of nitrogens with one attached hydrogen (secondary N) is 3. The van der Waals surface area contributed by atoms with Crippen LogP contribution in [0.4, 0.5) is 14.7 Å². The van der Waals surface area contributed by atoms with E-state index in [4.69, 9.17) is 16.3 Å². The van der Waals surface area contributed by atoms with E-state index >= 15 is 4.39 Å². The Labute approximate surface area is 527 Å². The van der Waals surface area contributed by atoms with Crippen molar-refractivity contribution in [1.29, 1.82) is 0 Å². The Balaban J connectivity index is 0.640. The highest BCUT2D eigenvalue weighted by atomic mass is 35.5. The molecule has 0 bridgehead atoms. The first-order valence-corrected chi connectivity index (χ1v) is 32.6. The predicted octanol–water partition coefficient (Wildman–Crippen LogP) is 12.8. The minimum absolute atomic E-state index is 0.0107. The number of carbonyl (C=O) groups is 5. The van der Waals surface area contributed by atoms with E-state index in [1.54, 1.807) is 41.8 Å². The average Bonchev–Trinajstić information content (AvgIpc) is 3.03. The molecule has 0 spiro atoms. The van der Waals surface area contributed by atoms with Gasteiger partial charge in [0.15, 0.2) is 16.0 Å². The normalized spacial score (nSPS) is 15.6. The number of para-hydroxylation sites is 1. The van der Waals surface area contributed by atoms with Gasteiger partial charge in [-0.1, -0.05) is 112 Å². The summed E-state index contributed by atoms with van der Waals surface area (Å²) in [5, 5.41) is 31.2. The van der Waals surface area contributed by atoms with Crippen molar-refractivity contribution in [2.75, 3.05) is 29.9 Å². The van der Waals surface area contributed by atoms with Gasteiger partial charge in [0.05, 0.1) is 50.1 Å². The first-order valence-electron chi connectivity index (χ1n) is 29.7. The smallest absolute Gasteiger partial charge is 0.355 e. The van der Waals surface area contributed by atoms with E-state index in [-0.39, 0.29) is 66.2 Å². The highest BCUT2D eigenvalue weighted by molar-refractivity contribution is 7.22. The number of aryl methyl sites for hydroxylation is 3. The lowest BCUT2D eigenvalue weighted by molar-refractivity contribution is -0.144. The second-order valence-electron chi connectivity index (χ2n) is 23.5. The third-order valence-electron chi connectivity index (χ3n) is 16.0. The van der Waals surface area contributed by atoms with Crippen LogP contribution in [0.2, 0.25) is 5.02 Å². The number of unbranched alkanes of at least 4 members (excludes halogenated alkanes) is 4. The first-order chi connectivity index (χ1) is 42.3. The Morgan fingerprint density at radius 1 is 0.875 bits per heavy atom. The molecule has 10 rings (SSSR count). The number of aliphatic hydroxyl groups is 1. The van der Waals surface area contributed by atoms with Crippen LogP contribution in [0, 0.1) is 18.2 Å². The molecule has 8 aromatic rings. The number of β-amino-alcohol motifs (C(OH)–C–C–N with tert-alkyl or cyclic N) is 1. The number of carboxylic acids is 1. The van der Waals surface area contributed by atoms with Gasteiger partial charge in [-0.2, -0.15) is 0 Å². The summed E-state index contributed by atoms with van der Waals surface area (Å²) in [5.74, 6) is -2.49. The van der Waals surface area contributed by atoms with Crippen molar-refractivity contribution >= 4 is 95.7 Å². The summed E-state index contributed by atoms with van der Waals surface area (Å²) >= 11 is 11.0. The molecule has 1 fully saturated rings. The topological polar surface area (TPSA) is 229 Å². The number of benzene rings is 4. The number of fused-ring (bicyclic) bond motifs is 2. The van der Waals surface area contributed by atoms with Gasteiger partial charge in [-0.25, -0.2) is 24.1 Å². The van der Waals surface area contributed by atoms with Crippen LogP contribution in [0.5, 0.6) is 5.75 Å². The van der Waals surface area contributed by atoms with Crippen molar-refractivity contribution in [2.24, 2.45) is 5.41 Å². The van der Waals surface area contributed by atoms with Gasteiger partial charge in [0.1, 0.15) is 29.3 Å². The Kier molecular flexibility index (Phi) is 20.3. The molecule has 4 amide bonds. The number of anilines is 2. The van der Waals surface area contributed by atoms with E-state index in [1.165, 1.54) is 33.6 Å². The molecule has 4 aromatic heterocycles. The first kappa shape index (κ1) is 63.3. The van der Waals surface area contributed by atoms with Crippen molar-refractivity contribution in [3.05, 3.63) is 158 Å². The second-order valence-corrected chi connectivity index (χ2v) is 26.9. The molecule has 1 saturated heterocycles.